The third-order valence-electron chi connectivity index (χ3n) is 3.13. The molecule has 0 saturated carbocycles. The zero-order valence-electron chi connectivity index (χ0n) is 10.4. The van der Waals surface area contributed by atoms with Crippen LogP contribution in [0.5, 0.6) is 0 Å². The summed E-state index contributed by atoms with van der Waals surface area (Å²) in [6.45, 7) is 5.68. The summed E-state index contributed by atoms with van der Waals surface area (Å²) in [5, 5.41) is 4.46. The third-order valence-corrected chi connectivity index (χ3v) is 5.59. The Morgan fingerprint density at radius 1 is 1.59 bits per heavy atom. The Kier molecular flexibility index (Phi) is 3.91. The first-order valence-corrected chi connectivity index (χ1v) is 7.56. The number of rotatable bonds is 4. The number of halogens is 1. The predicted octanol–water partition coefficient (Wildman–Crippen LogP) is 1.38. The summed E-state index contributed by atoms with van der Waals surface area (Å²) < 4.78 is 24.0. The van der Waals surface area contributed by atoms with Gasteiger partial charge in [0.2, 0.25) is 0 Å². The van der Waals surface area contributed by atoms with Crippen molar-refractivity contribution in [3.8, 4) is 0 Å². The number of aryl methyl sites for hydroxylation is 1. The van der Waals surface area contributed by atoms with Crippen molar-refractivity contribution in [2.24, 2.45) is 5.73 Å². The molecule has 98 valence electrons. The number of sulfone groups is 1. The summed E-state index contributed by atoms with van der Waals surface area (Å²) in [5.74, 6) is 0. The standard InChI is InChI=1S/C10H18ClN3O2S/c1-5-14-8(7(11)6-13-14)9(12)10(2,3)17(4,15)16/h6,9H,5,12H2,1-4H3. The van der Waals surface area contributed by atoms with E-state index < -0.39 is 20.6 Å². The highest BCUT2D eigenvalue weighted by molar-refractivity contribution is 7.92. The molecule has 0 bridgehead atoms. The number of nitrogens with zero attached hydrogens (tertiary/aromatic N) is 2. The molecule has 0 spiro atoms. The maximum Gasteiger partial charge on any atom is 0.154 e. The maximum absolute atomic E-state index is 11.7. The van der Waals surface area contributed by atoms with Crippen LogP contribution < -0.4 is 5.73 Å². The van der Waals surface area contributed by atoms with Crippen LogP contribution >= 0.6 is 11.6 Å². The summed E-state index contributed by atoms with van der Waals surface area (Å²) in [6.07, 6.45) is 2.66. The number of aromatic nitrogens is 2. The van der Waals surface area contributed by atoms with Gasteiger partial charge in [-0.3, -0.25) is 4.68 Å². The number of nitrogens with two attached hydrogens (primary N) is 1. The lowest BCUT2D eigenvalue weighted by molar-refractivity contribution is 0.465. The normalized spacial score (nSPS) is 14.9. The van der Waals surface area contributed by atoms with Gasteiger partial charge in [0.25, 0.3) is 0 Å². The Morgan fingerprint density at radius 2 is 2.12 bits per heavy atom. The number of hydrogen-bond donors (Lipinski definition) is 1. The molecule has 0 radical (unpaired) electrons. The lowest BCUT2D eigenvalue weighted by Gasteiger charge is -2.30. The lowest BCUT2D eigenvalue weighted by atomic mass is 10.0. The van der Waals surface area contributed by atoms with Crippen LogP contribution in [0.4, 0.5) is 0 Å². The fourth-order valence-electron chi connectivity index (χ4n) is 1.49. The van der Waals surface area contributed by atoms with E-state index >= 15 is 0 Å². The molecule has 17 heavy (non-hydrogen) atoms. The van der Waals surface area contributed by atoms with E-state index in [0.717, 1.165) is 0 Å². The second-order valence-corrected chi connectivity index (χ2v) is 7.55. The number of hydrogen-bond acceptors (Lipinski definition) is 4. The van der Waals surface area contributed by atoms with E-state index in [2.05, 4.69) is 5.10 Å². The molecule has 7 heteroatoms. The minimum absolute atomic E-state index is 0.399. The Balaban J connectivity index is 3.30. The van der Waals surface area contributed by atoms with E-state index in [1.165, 1.54) is 12.5 Å². The fourth-order valence-corrected chi connectivity index (χ4v) is 2.32. The van der Waals surface area contributed by atoms with Gasteiger partial charge in [-0.25, -0.2) is 8.42 Å². The van der Waals surface area contributed by atoms with E-state index in [4.69, 9.17) is 17.3 Å². The van der Waals surface area contributed by atoms with E-state index in [1.54, 1.807) is 18.5 Å². The molecular weight excluding hydrogens is 262 g/mol. The minimum Gasteiger partial charge on any atom is -0.321 e. The van der Waals surface area contributed by atoms with Gasteiger partial charge in [0.15, 0.2) is 9.84 Å². The molecule has 0 aliphatic heterocycles. The molecule has 1 unspecified atom stereocenters. The second-order valence-electron chi connectivity index (χ2n) is 4.55. The summed E-state index contributed by atoms with van der Waals surface area (Å²) >= 11 is 6.02. The van der Waals surface area contributed by atoms with Gasteiger partial charge in [-0.2, -0.15) is 5.10 Å². The molecule has 2 N–H and O–H groups in total. The van der Waals surface area contributed by atoms with Crippen LogP contribution in [0.1, 0.15) is 32.5 Å². The van der Waals surface area contributed by atoms with Crippen LogP contribution in [0.3, 0.4) is 0 Å². The zero-order valence-corrected chi connectivity index (χ0v) is 12.0. The molecule has 0 aliphatic rings. The molecular formula is C10H18ClN3O2S. The van der Waals surface area contributed by atoms with E-state index in [1.807, 2.05) is 6.92 Å². The van der Waals surface area contributed by atoms with Gasteiger partial charge in [0.05, 0.1) is 27.7 Å². The lowest BCUT2D eigenvalue weighted by Crippen LogP contribution is -2.43. The van der Waals surface area contributed by atoms with E-state index in [9.17, 15) is 8.42 Å². The fraction of sp³-hybridized carbons (Fsp3) is 0.700. The molecule has 0 amide bonds. The van der Waals surface area contributed by atoms with Crippen LogP contribution in [0, 0.1) is 0 Å². The highest BCUT2D eigenvalue weighted by Crippen LogP contribution is 2.33. The van der Waals surface area contributed by atoms with Crippen molar-refractivity contribution in [2.75, 3.05) is 6.26 Å². The van der Waals surface area contributed by atoms with Gasteiger partial charge in [-0.05, 0) is 20.8 Å². The first kappa shape index (κ1) is 14.5. The van der Waals surface area contributed by atoms with Crippen molar-refractivity contribution in [1.82, 2.24) is 9.78 Å². The largest absolute Gasteiger partial charge is 0.321 e. The van der Waals surface area contributed by atoms with E-state index in [0.29, 0.717) is 17.3 Å². The van der Waals surface area contributed by atoms with Crippen LogP contribution in [0.2, 0.25) is 5.02 Å². The monoisotopic (exact) mass is 279 g/mol. The summed E-state index contributed by atoms with van der Waals surface area (Å²) in [7, 11) is -3.29. The van der Waals surface area contributed by atoms with Gasteiger partial charge in [-0.1, -0.05) is 11.6 Å². The molecule has 0 saturated heterocycles. The SMILES string of the molecule is CCn1ncc(Cl)c1C(N)C(C)(C)S(C)(=O)=O. The van der Waals surface area contributed by atoms with Crippen molar-refractivity contribution in [3.05, 3.63) is 16.9 Å². The van der Waals surface area contributed by atoms with Gasteiger partial charge >= 0.3 is 0 Å². The van der Waals surface area contributed by atoms with Crippen LogP contribution in [0.15, 0.2) is 6.20 Å². The summed E-state index contributed by atoms with van der Waals surface area (Å²) in [4.78, 5) is 0. The first-order valence-electron chi connectivity index (χ1n) is 5.29. The van der Waals surface area contributed by atoms with Crippen LogP contribution in [-0.2, 0) is 16.4 Å². The molecule has 1 aromatic rings. The summed E-state index contributed by atoms with van der Waals surface area (Å²) in [6, 6.07) is -0.715. The van der Waals surface area contributed by atoms with Gasteiger partial charge in [-0.15, -0.1) is 0 Å². The van der Waals surface area contributed by atoms with Crippen LogP contribution in [0.25, 0.3) is 0 Å². The van der Waals surface area contributed by atoms with Crippen molar-refractivity contribution in [2.45, 2.75) is 38.1 Å². The highest BCUT2D eigenvalue weighted by atomic mass is 35.5. The molecule has 1 rings (SSSR count). The first-order chi connectivity index (χ1) is 7.63. The Labute approximate surface area is 107 Å². The average molecular weight is 280 g/mol. The molecule has 0 aromatic carbocycles. The van der Waals surface area contributed by atoms with Crippen LogP contribution in [-0.4, -0.2) is 29.2 Å². The maximum atomic E-state index is 11.7. The predicted molar refractivity (Wildman–Crippen MR) is 68.8 cm³/mol. The molecule has 0 aliphatic carbocycles. The average Bonchev–Trinajstić information content (AvgIpc) is 2.56. The molecule has 0 fully saturated rings. The molecule has 1 heterocycles. The van der Waals surface area contributed by atoms with Crippen molar-refractivity contribution < 1.29 is 8.42 Å². The second kappa shape index (κ2) is 4.59. The Bertz CT molecular complexity index is 508. The highest BCUT2D eigenvalue weighted by Gasteiger charge is 2.40. The Hall–Kier alpha value is -0.590. The van der Waals surface area contributed by atoms with E-state index in [-0.39, 0.29) is 0 Å². The van der Waals surface area contributed by atoms with Crippen molar-refractivity contribution in [3.63, 3.8) is 0 Å². The molecule has 1 atom stereocenters. The Morgan fingerprint density at radius 3 is 2.53 bits per heavy atom. The summed E-state index contributed by atoms with van der Waals surface area (Å²) in [5.41, 5.74) is 6.62. The third kappa shape index (κ3) is 2.48. The zero-order chi connectivity index (χ0) is 13.4. The van der Waals surface area contributed by atoms with Gasteiger partial charge in [0, 0.05) is 12.8 Å². The molecule has 1 aromatic heterocycles. The van der Waals surface area contributed by atoms with Crippen molar-refractivity contribution in [1.29, 1.82) is 0 Å². The minimum atomic E-state index is -3.29. The van der Waals surface area contributed by atoms with Gasteiger partial charge in [0.1, 0.15) is 0 Å². The smallest absolute Gasteiger partial charge is 0.154 e. The topological polar surface area (TPSA) is 78.0 Å². The van der Waals surface area contributed by atoms with Crippen molar-refractivity contribution >= 4 is 21.4 Å². The van der Waals surface area contributed by atoms with Gasteiger partial charge < -0.3 is 5.73 Å². The quantitative estimate of drug-likeness (QED) is 0.903. The molecule has 5 nitrogen and oxygen atoms in total.